The van der Waals surface area contributed by atoms with Crippen LogP contribution < -0.4 is 25.1 Å². The van der Waals surface area contributed by atoms with Gasteiger partial charge in [-0.3, -0.25) is 0 Å². The van der Waals surface area contributed by atoms with Crippen molar-refractivity contribution in [1.29, 1.82) is 0 Å². The van der Waals surface area contributed by atoms with Crippen molar-refractivity contribution in [2.24, 2.45) is 0 Å². The van der Waals surface area contributed by atoms with Crippen molar-refractivity contribution in [1.82, 2.24) is 0 Å². The minimum absolute atomic E-state index is 0. The number of rotatable bonds is 0. The molecule has 0 aliphatic carbocycles. The van der Waals surface area contributed by atoms with Gasteiger partial charge in [0.1, 0.15) is 0 Å². The summed E-state index contributed by atoms with van der Waals surface area (Å²) < 4.78 is 103. The molecule has 0 N–H and O–H groups in total. The van der Waals surface area contributed by atoms with E-state index in [0.29, 0.717) is 0 Å². The molecule has 0 aliphatic heterocycles. The molecule has 17 heteroatoms. The van der Waals surface area contributed by atoms with Crippen molar-refractivity contribution in [3.05, 3.63) is 0 Å². The molecule has 0 unspecified atom stereocenters. The van der Waals surface area contributed by atoms with Crippen LogP contribution in [-0.4, -0.2) is 0 Å². The molecular weight excluding hydrogens is 591 g/mol. The molecule has 105 valence electrons. The maximum absolute atomic E-state index is 8.58. The van der Waals surface area contributed by atoms with Crippen LogP contribution in [0.1, 0.15) is 0 Å². The van der Waals surface area contributed by atoms with Gasteiger partial charge < -0.3 is 0 Å². The number of hydrogen-bond acceptors (Lipinski definition) is 12. The molecule has 0 amide bonds. The molecule has 0 fully saturated rings. The van der Waals surface area contributed by atoms with Gasteiger partial charge in [-0.25, -0.2) is 0 Å². The summed E-state index contributed by atoms with van der Waals surface area (Å²) in [6.45, 7) is 0. The van der Waals surface area contributed by atoms with E-state index in [1.807, 2.05) is 0 Å². The normalized spacial score (nSPS) is 10.2. The topological polar surface area (TPSA) is 241 Å². The Balaban J connectivity index is -0.0000000400. The Morgan fingerprint density at radius 3 is 0.471 bits per heavy atom. The van der Waals surface area contributed by atoms with E-state index in [2.05, 4.69) is 0 Å². The molecule has 0 aromatic rings. The second-order valence-corrected chi connectivity index (χ2v) is 4.68. The molecule has 0 aliphatic rings. The molecule has 0 spiro atoms. The zero-order valence-corrected chi connectivity index (χ0v) is 15.1. The second-order valence-electron chi connectivity index (χ2n) is 1.13. The summed E-state index contributed by atoms with van der Waals surface area (Å²) in [5.41, 5.74) is 0. The van der Waals surface area contributed by atoms with Gasteiger partial charge in [-0.1, -0.05) is 0 Å². The van der Waals surface area contributed by atoms with E-state index in [1.165, 1.54) is 0 Å². The van der Waals surface area contributed by atoms with Crippen LogP contribution in [0.5, 0.6) is 0 Å². The van der Waals surface area contributed by atoms with E-state index in [0.717, 1.165) is 0 Å². The zero-order valence-electron chi connectivity index (χ0n) is 6.89. The third kappa shape index (κ3) is 1850. The van der Waals surface area contributed by atoms with Crippen LogP contribution in [-0.2, 0) is 106 Å². The first-order chi connectivity index (χ1) is 6.00. The van der Waals surface area contributed by atoms with E-state index < -0.39 is 40.1 Å². The van der Waals surface area contributed by atoms with Crippen molar-refractivity contribution in [3.8, 4) is 0 Å². The van der Waals surface area contributed by atoms with E-state index in [-0.39, 0.29) is 42.9 Å². The zero-order chi connectivity index (χ0) is 13.5. The van der Waals surface area contributed by atoms with Crippen molar-refractivity contribution in [3.63, 3.8) is 0 Å². The Bertz CT molecular complexity index is 343. The molecular formula is FeHfMn3O12. The predicted molar refractivity (Wildman–Crippen MR) is 4.12 cm³/mol. The van der Waals surface area contributed by atoms with Gasteiger partial charge in [-0.05, 0) is 0 Å². The molecule has 0 saturated carbocycles. The first kappa shape index (κ1) is 31.1. The van der Waals surface area contributed by atoms with Crippen LogP contribution in [0, 0.1) is 0 Å². The monoisotopic (exact) mass is 593 g/mol. The standard InChI is InChI=1S/Fe.Hf.3Mn.12O/q+2;+4;;;;;;;;;;6*-1. The van der Waals surface area contributed by atoms with E-state index in [4.69, 9.17) is 48.1 Å². The molecule has 0 heterocycles. The van der Waals surface area contributed by atoms with Gasteiger partial charge in [-0.15, -0.1) is 0 Å². The average molecular weight is 591 g/mol. The Labute approximate surface area is 130 Å². The molecule has 12 nitrogen and oxygen atoms in total. The summed E-state index contributed by atoms with van der Waals surface area (Å²) in [7, 11) is 0. The van der Waals surface area contributed by atoms with E-state index in [9.17, 15) is 0 Å². The van der Waals surface area contributed by atoms with Crippen molar-refractivity contribution in [2.75, 3.05) is 0 Å². The molecule has 0 aromatic carbocycles. The average Bonchev–Trinajstić information content (AvgIpc) is 1.41. The number of hydrogen-bond donors (Lipinski definition) is 0. The molecule has 0 atom stereocenters. The SMILES string of the molecule is [Fe+2].[Hf+4].[O]=[Mn](=[O])([O-])[O-].[O]=[Mn](=[O])([O-])[O-].[O]=[Mn](=[O])([O-])[O-]. The van der Waals surface area contributed by atoms with Crippen LogP contribution in [0.2, 0.25) is 0 Å². The minimum atomic E-state index is -5.62. The second kappa shape index (κ2) is 12.5. The van der Waals surface area contributed by atoms with Crippen molar-refractivity contribution in [2.45, 2.75) is 0 Å². The summed E-state index contributed by atoms with van der Waals surface area (Å²) in [5, 5.41) is 0. The van der Waals surface area contributed by atoms with Gasteiger partial charge >= 0.3 is 131 Å². The summed E-state index contributed by atoms with van der Waals surface area (Å²) in [4.78, 5) is 0. The Morgan fingerprint density at radius 1 is 0.471 bits per heavy atom. The fourth-order valence-electron chi connectivity index (χ4n) is 0. The van der Waals surface area contributed by atoms with Gasteiger partial charge in [0.2, 0.25) is 0 Å². The first-order valence-electron chi connectivity index (χ1n) is 1.85. The fourth-order valence-corrected chi connectivity index (χ4v) is 0. The van der Waals surface area contributed by atoms with Gasteiger partial charge in [0.25, 0.3) is 0 Å². The maximum atomic E-state index is 8.58. The van der Waals surface area contributed by atoms with E-state index in [1.54, 1.807) is 0 Å². The van der Waals surface area contributed by atoms with Crippen LogP contribution in [0.3, 0.4) is 0 Å². The van der Waals surface area contributed by atoms with E-state index >= 15 is 0 Å². The first-order valence-corrected chi connectivity index (χ1v) is 7.63. The quantitative estimate of drug-likeness (QED) is 0.239. The van der Waals surface area contributed by atoms with Gasteiger partial charge in [0.05, 0.1) is 0 Å². The van der Waals surface area contributed by atoms with Crippen LogP contribution in [0.4, 0.5) is 0 Å². The molecule has 17 heavy (non-hydrogen) atoms. The van der Waals surface area contributed by atoms with Crippen LogP contribution in [0.25, 0.3) is 0 Å². The molecule has 0 bridgehead atoms. The molecule has 0 aromatic heterocycles. The molecule has 0 radical (unpaired) electrons. The van der Waals surface area contributed by atoms with Gasteiger partial charge in [0.15, 0.2) is 0 Å². The Hall–Kier alpha value is 1.51. The fraction of sp³-hybridized carbons (Fsp3) is 0. The van der Waals surface area contributed by atoms with Crippen LogP contribution >= 0.6 is 0 Å². The third-order valence-electron chi connectivity index (χ3n) is 0. The summed E-state index contributed by atoms with van der Waals surface area (Å²) in [6, 6.07) is 0. The van der Waals surface area contributed by atoms with Gasteiger partial charge in [-0.2, -0.15) is 0 Å². The van der Waals surface area contributed by atoms with Crippen molar-refractivity contribution < 1.29 is 131 Å². The summed E-state index contributed by atoms with van der Waals surface area (Å²) in [6.07, 6.45) is 0. The molecule has 0 rings (SSSR count). The predicted octanol–water partition coefficient (Wildman–Crippen LogP) is -7.86. The van der Waals surface area contributed by atoms with Crippen LogP contribution in [0.15, 0.2) is 0 Å². The summed E-state index contributed by atoms with van der Waals surface area (Å²) >= 11 is -16.9. The van der Waals surface area contributed by atoms with Crippen molar-refractivity contribution >= 4 is 0 Å². The van der Waals surface area contributed by atoms with Gasteiger partial charge in [0, 0.05) is 0 Å². The Morgan fingerprint density at radius 2 is 0.471 bits per heavy atom. The Kier molecular flexibility index (Phi) is 22.9. The summed E-state index contributed by atoms with van der Waals surface area (Å²) in [5.74, 6) is 0. The third-order valence-corrected chi connectivity index (χ3v) is 0. The molecule has 0 saturated heterocycles.